The number of amides is 2. The van der Waals surface area contributed by atoms with Crippen molar-refractivity contribution < 1.29 is 70.2 Å². The Hall–Kier alpha value is -7.04. The number of nitrogens with one attached hydrogen (secondary N) is 2. The number of nitrogens with zero attached hydrogens (tertiary/aromatic N) is 6. The summed E-state index contributed by atoms with van der Waals surface area (Å²) in [6.45, 7) is 3.62. The van der Waals surface area contributed by atoms with Crippen molar-refractivity contribution in [3.63, 3.8) is 0 Å². The zero-order valence-electron chi connectivity index (χ0n) is 34.6. The first-order chi connectivity index (χ1) is 30.4. The Morgan fingerprint density at radius 1 is 0.538 bits per heavy atom. The molecule has 0 spiro atoms. The number of aromatic hydroxyl groups is 1. The number of hydrogen-bond donors (Lipinski definition) is 6. The van der Waals surface area contributed by atoms with E-state index in [0.717, 1.165) is 23.8 Å². The normalized spacial score (nSPS) is 11.9. The maximum absolute atomic E-state index is 13.1. The fourth-order valence-corrected chi connectivity index (χ4v) is 7.26. The molecule has 0 aliphatic carbocycles. The molecule has 0 unspecified atom stereocenters. The summed E-state index contributed by atoms with van der Waals surface area (Å²) in [5.41, 5.74) is 11.0. The molecule has 322 valence electrons. The third-order valence-corrected chi connectivity index (χ3v) is 11.2. The number of phenolic OH excluding ortho intramolecular Hbond substituents is 1. The Bertz CT molecular complexity index is 3300. The van der Waals surface area contributed by atoms with Gasteiger partial charge >= 0.3 is 29.6 Å². The number of hydrogen-bond acceptors (Lipinski definition) is 14. The molecule has 7 rings (SSSR count). The molecular weight excluding hydrogens is 886 g/mol. The average Bonchev–Trinajstić information content (AvgIpc) is 3.25. The van der Waals surface area contributed by atoms with Crippen LogP contribution in [0.15, 0.2) is 174 Å². The van der Waals surface area contributed by atoms with Crippen LogP contribution in [0.25, 0.3) is 10.8 Å². The van der Waals surface area contributed by atoms with Crippen LogP contribution >= 0.6 is 0 Å². The standard InChI is InChI=1S/C44H35N9O9S2.Na/c1-25-21-33(46-43(55)27-3-7-30(45)8-4-27)14-19-38(25)51-48-31-9-5-28(6-10-31)44(56)47-34-15-20-39(26(2)22-34)52-50-35-13-18-37-29(23-35)24-40(64(60,61)62)41(42(37)54)53-49-32-11-16-36(17-12-32)63(57,58)59;/h3-24,54H,45H2,1-2H3,(H,46,55)(H,47,56)(H,57,58,59)(H,60,61,62);/q;+1. The molecule has 7 aromatic carbocycles. The SMILES string of the molecule is Cc1cc(NC(=O)c2ccc(N)cc2)ccc1N=Nc1ccc(C(=O)Nc2ccc(N=Nc3ccc4c(O)c(N=Nc5ccc(S(=O)(=O)O)cc5)c(S(=O)(=O)O)cc4c3)c(C)c2)cc1.[Na+]. The van der Waals surface area contributed by atoms with E-state index in [0.29, 0.717) is 50.8 Å². The van der Waals surface area contributed by atoms with Gasteiger partial charge in [-0.3, -0.25) is 18.7 Å². The summed E-state index contributed by atoms with van der Waals surface area (Å²) in [7, 11) is -9.40. The fourth-order valence-electron chi connectivity index (χ4n) is 6.12. The van der Waals surface area contributed by atoms with Gasteiger partial charge in [-0.15, -0.1) is 5.11 Å². The van der Waals surface area contributed by atoms with Crippen molar-refractivity contribution in [2.45, 2.75) is 23.6 Å². The van der Waals surface area contributed by atoms with Crippen LogP contribution < -0.4 is 45.9 Å². The molecule has 0 atom stereocenters. The summed E-state index contributed by atoms with van der Waals surface area (Å²) in [6, 6.07) is 33.4. The summed E-state index contributed by atoms with van der Waals surface area (Å²) in [4.78, 5) is 24.5. The summed E-state index contributed by atoms with van der Waals surface area (Å²) >= 11 is 0. The first kappa shape index (κ1) is 47.4. The van der Waals surface area contributed by atoms with E-state index in [-0.39, 0.29) is 63.5 Å². The van der Waals surface area contributed by atoms with Crippen molar-refractivity contribution in [3.8, 4) is 5.75 Å². The van der Waals surface area contributed by atoms with Gasteiger partial charge in [0, 0.05) is 33.6 Å². The number of nitrogen functional groups attached to an aromatic ring is 1. The van der Waals surface area contributed by atoms with Gasteiger partial charge in [0.1, 0.15) is 10.6 Å². The Balaban J connectivity index is 0.00000700. The minimum absolute atomic E-state index is 0. The van der Waals surface area contributed by atoms with Crippen molar-refractivity contribution >= 4 is 94.0 Å². The average molecular weight is 921 g/mol. The molecule has 0 bridgehead atoms. The molecule has 0 aliphatic heterocycles. The van der Waals surface area contributed by atoms with Crippen LogP contribution in [-0.2, 0) is 20.2 Å². The number of benzene rings is 7. The van der Waals surface area contributed by atoms with Gasteiger partial charge in [0.2, 0.25) is 0 Å². The molecule has 2 amide bonds. The van der Waals surface area contributed by atoms with Crippen LogP contribution in [0, 0.1) is 13.8 Å². The van der Waals surface area contributed by atoms with E-state index in [1.165, 1.54) is 30.3 Å². The van der Waals surface area contributed by atoms with Crippen LogP contribution in [0.4, 0.5) is 51.2 Å². The van der Waals surface area contributed by atoms with Gasteiger partial charge < -0.3 is 21.5 Å². The van der Waals surface area contributed by atoms with E-state index >= 15 is 0 Å². The van der Waals surface area contributed by atoms with E-state index in [4.69, 9.17) is 5.73 Å². The van der Waals surface area contributed by atoms with Crippen molar-refractivity contribution in [1.82, 2.24) is 0 Å². The van der Waals surface area contributed by atoms with Gasteiger partial charge in [0.05, 0.1) is 33.3 Å². The van der Waals surface area contributed by atoms with Gasteiger partial charge in [-0.25, -0.2) is 0 Å². The second-order valence-electron chi connectivity index (χ2n) is 14.1. The molecule has 0 aliphatic rings. The minimum Gasteiger partial charge on any atom is -0.505 e. The van der Waals surface area contributed by atoms with Crippen LogP contribution in [0.3, 0.4) is 0 Å². The van der Waals surface area contributed by atoms with Crippen molar-refractivity contribution in [3.05, 3.63) is 156 Å². The van der Waals surface area contributed by atoms with E-state index in [1.807, 2.05) is 6.92 Å². The third kappa shape index (κ3) is 11.8. The predicted molar refractivity (Wildman–Crippen MR) is 240 cm³/mol. The Morgan fingerprint density at radius 3 is 1.49 bits per heavy atom. The van der Waals surface area contributed by atoms with Crippen molar-refractivity contribution in [2.24, 2.45) is 30.7 Å². The number of rotatable bonds is 12. The molecule has 18 nitrogen and oxygen atoms in total. The molecular formula is C44H35N9NaO9S2+. The molecule has 0 saturated heterocycles. The topological polar surface area (TPSA) is 287 Å². The van der Waals surface area contributed by atoms with Gasteiger partial charge in [0.25, 0.3) is 32.1 Å². The fraction of sp³-hybridized carbons (Fsp3) is 0.0455. The molecule has 21 heteroatoms. The first-order valence-corrected chi connectivity index (χ1v) is 21.7. The van der Waals surface area contributed by atoms with Crippen LogP contribution in [0.2, 0.25) is 0 Å². The summed E-state index contributed by atoms with van der Waals surface area (Å²) in [5, 5.41) is 41.8. The second kappa shape index (κ2) is 19.8. The zero-order chi connectivity index (χ0) is 45.8. The van der Waals surface area contributed by atoms with Crippen molar-refractivity contribution in [2.75, 3.05) is 16.4 Å². The molecule has 0 aromatic heterocycles. The summed E-state index contributed by atoms with van der Waals surface area (Å²) < 4.78 is 66.5. The zero-order valence-corrected chi connectivity index (χ0v) is 38.2. The number of carbonyl (C=O) groups excluding carboxylic acids is 2. The number of phenols is 1. The number of nitrogens with two attached hydrogens (primary N) is 1. The maximum atomic E-state index is 13.1. The molecule has 0 fully saturated rings. The third-order valence-electron chi connectivity index (χ3n) is 9.47. The summed E-state index contributed by atoms with van der Waals surface area (Å²) in [5.74, 6) is -1.25. The monoisotopic (exact) mass is 920 g/mol. The number of anilines is 3. The molecule has 7 aromatic rings. The van der Waals surface area contributed by atoms with Crippen LogP contribution in [0.1, 0.15) is 31.8 Å². The second-order valence-corrected chi connectivity index (χ2v) is 16.9. The minimum atomic E-state index is -4.94. The predicted octanol–water partition coefficient (Wildman–Crippen LogP) is 7.99. The van der Waals surface area contributed by atoms with Gasteiger partial charge in [-0.1, -0.05) is 0 Å². The molecule has 7 N–H and O–H groups in total. The quantitative estimate of drug-likeness (QED) is 0.0297. The van der Waals surface area contributed by atoms with E-state index in [9.17, 15) is 40.6 Å². The van der Waals surface area contributed by atoms with Gasteiger partial charge in [-0.05, 0) is 164 Å². The van der Waals surface area contributed by atoms with E-state index in [1.54, 1.807) is 91.9 Å². The van der Waals surface area contributed by atoms with E-state index < -0.39 is 41.5 Å². The van der Waals surface area contributed by atoms with Gasteiger partial charge in [-0.2, -0.15) is 42.4 Å². The molecule has 0 saturated carbocycles. The first-order valence-electron chi connectivity index (χ1n) is 18.8. The largest absolute Gasteiger partial charge is 1.00 e. The van der Waals surface area contributed by atoms with Crippen LogP contribution in [0.5, 0.6) is 5.75 Å². The smallest absolute Gasteiger partial charge is 0.505 e. The Labute approximate surface area is 393 Å². The number of azo groups is 3. The Morgan fingerprint density at radius 2 is 1.00 bits per heavy atom. The summed E-state index contributed by atoms with van der Waals surface area (Å²) in [6.07, 6.45) is 0. The number of carbonyl (C=O) groups is 2. The number of aryl methyl sites for hydroxylation is 2. The Kier molecular flexibility index (Phi) is 14.4. The molecule has 65 heavy (non-hydrogen) atoms. The van der Waals surface area contributed by atoms with E-state index in [2.05, 4.69) is 41.3 Å². The molecule has 0 heterocycles. The van der Waals surface area contributed by atoms with Gasteiger partial charge in [0.15, 0.2) is 5.75 Å². The van der Waals surface area contributed by atoms with Crippen LogP contribution in [-0.4, -0.2) is 42.9 Å². The maximum Gasteiger partial charge on any atom is 1.00 e. The number of fused-ring (bicyclic) bond motifs is 1. The van der Waals surface area contributed by atoms with Crippen molar-refractivity contribution in [1.29, 1.82) is 0 Å². The molecule has 0 radical (unpaired) electrons.